The summed E-state index contributed by atoms with van der Waals surface area (Å²) in [5, 5.41) is 6.50. The van der Waals surface area contributed by atoms with Crippen LogP contribution in [0.15, 0.2) is 42.7 Å². The summed E-state index contributed by atoms with van der Waals surface area (Å²) in [7, 11) is 0. The number of nitrogens with zero attached hydrogens (tertiary/aromatic N) is 3. The van der Waals surface area contributed by atoms with Gasteiger partial charge in [-0.25, -0.2) is 4.79 Å². The van der Waals surface area contributed by atoms with Crippen LogP contribution in [-0.4, -0.2) is 63.8 Å². The summed E-state index contributed by atoms with van der Waals surface area (Å²) in [5.74, 6) is -0.0120. The molecule has 1 aromatic heterocycles. The SMILES string of the molecule is O=C(c1cn[nH]c1)N1CCC(N2C(=O)OC[C@H]2Cc2ccccc2)CC1. The fraction of sp³-hybridized carbons (Fsp3) is 0.421. The molecule has 2 aliphatic rings. The van der Waals surface area contributed by atoms with Crippen molar-refractivity contribution in [2.45, 2.75) is 31.3 Å². The average molecular weight is 354 g/mol. The molecule has 2 aliphatic heterocycles. The van der Waals surface area contributed by atoms with E-state index in [0.717, 1.165) is 19.3 Å². The van der Waals surface area contributed by atoms with E-state index in [-0.39, 0.29) is 24.1 Å². The predicted molar refractivity (Wildman–Crippen MR) is 94.6 cm³/mol. The normalized spacial score (nSPS) is 21.1. The lowest BCUT2D eigenvalue weighted by Gasteiger charge is -2.37. The maximum Gasteiger partial charge on any atom is 0.410 e. The Morgan fingerprint density at radius 2 is 2.00 bits per heavy atom. The third kappa shape index (κ3) is 3.29. The Balaban J connectivity index is 1.39. The van der Waals surface area contributed by atoms with Crippen molar-refractivity contribution in [3.8, 4) is 0 Å². The van der Waals surface area contributed by atoms with Crippen molar-refractivity contribution in [1.82, 2.24) is 20.0 Å². The largest absolute Gasteiger partial charge is 0.447 e. The van der Waals surface area contributed by atoms with Crippen molar-refractivity contribution in [2.24, 2.45) is 0 Å². The number of nitrogens with one attached hydrogen (secondary N) is 1. The molecule has 0 radical (unpaired) electrons. The Morgan fingerprint density at radius 3 is 2.69 bits per heavy atom. The van der Waals surface area contributed by atoms with Crippen LogP contribution in [0, 0.1) is 0 Å². The number of carbonyl (C=O) groups excluding carboxylic acids is 2. The highest BCUT2D eigenvalue weighted by Gasteiger charge is 2.39. The monoisotopic (exact) mass is 354 g/mol. The number of ether oxygens (including phenoxy) is 1. The number of benzene rings is 1. The van der Waals surface area contributed by atoms with E-state index in [1.807, 2.05) is 28.0 Å². The number of H-pyrrole nitrogens is 1. The van der Waals surface area contributed by atoms with E-state index in [1.165, 1.54) is 5.56 Å². The van der Waals surface area contributed by atoms with Gasteiger partial charge in [-0.2, -0.15) is 5.10 Å². The standard InChI is InChI=1S/C19H22N4O3/c24-18(15-11-20-21-12-15)22-8-6-16(7-9-22)23-17(13-26-19(23)25)10-14-4-2-1-3-5-14/h1-5,11-12,16-17H,6-10,13H2,(H,20,21)/t17-/m1/s1. The van der Waals surface area contributed by atoms with Crippen LogP contribution in [0.2, 0.25) is 0 Å². The van der Waals surface area contributed by atoms with Gasteiger partial charge < -0.3 is 9.64 Å². The second-order valence-corrected chi connectivity index (χ2v) is 6.84. The molecule has 0 bridgehead atoms. The molecule has 2 amide bonds. The molecule has 2 aromatic rings. The van der Waals surface area contributed by atoms with Gasteiger partial charge in [-0.3, -0.25) is 14.8 Å². The molecule has 0 aliphatic carbocycles. The number of amides is 2. The highest BCUT2D eigenvalue weighted by molar-refractivity contribution is 5.93. The van der Waals surface area contributed by atoms with Crippen LogP contribution >= 0.6 is 0 Å². The molecular formula is C19H22N4O3. The van der Waals surface area contributed by atoms with Gasteiger partial charge in [-0.05, 0) is 24.8 Å². The minimum Gasteiger partial charge on any atom is -0.447 e. The van der Waals surface area contributed by atoms with Gasteiger partial charge in [0.2, 0.25) is 0 Å². The van der Waals surface area contributed by atoms with Crippen LogP contribution in [0.3, 0.4) is 0 Å². The van der Waals surface area contributed by atoms with E-state index in [0.29, 0.717) is 25.3 Å². The first-order chi connectivity index (χ1) is 12.7. The predicted octanol–water partition coefficient (Wildman–Crippen LogP) is 2.08. The van der Waals surface area contributed by atoms with E-state index >= 15 is 0 Å². The zero-order chi connectivity index (χ0) is 17.9. The van der Waals surface area contributed by atoms with E-state index in [4.69, 9.17) is 4.74 Å². The number of piperidine rings is 1. The fourth-order valence-corrected chi connectivity index (χ4v) is 3.86. The second-order valence-electron chi connectivity index (χ2n) is 6.84. The van der Waals surface area contributed by atoms with Gasteiger partial charge in [0.05, 0.1) is 17.8 Å². The fourth-order valence-electron chi connectivity index (χ4n) is 3.86. The first-order valence-corrected chi connectivity index (χ1v) is 8.99. The molecule has 1 aromatic carbocycles. The van der Waals surface area contributed by atoms with Crippen LogP contribution < -0.4 is 0 Å². The maximum atomic E-state index is 12.4. The number of rotatable bonds is 4. The third-order valence-electron chi connectivity index (χ3n) is 5.21. The number of aromatic amines is 1. The zero-order valence-electron chi connectivity index (χ0n) is 14.5. The number of hydrogen-bond donors (Lipinski definition) is 1. The molecule has 136 valence electrons. The number of hydrogen-bond acceptors (Lipinski definition) is 4. The highest BCUT2D eigenvalue weighted by atomic mass is 16.6. The molecule has 4 rings (SSSR count). The summed E-state index contributed by atoms with van der Waals surface area (Å²) < 4.78 is 5.33. The van der Waals surface area contributed by atoms with Crippen LogP contribution in [0.5, 0.6) is 0 Å². The Labute approximate surface area is 151 Å². The minimum absolute atomic E-state index is 0.0120. The van der Waals surface area contributed by atoms with Crippen molar-refractivity contribution >= 4 is 12.0 Å². The van der Waals surface area contributed by atoms with Gasteiger partial charge in [0, 0.05) is 25.3 Å². The molecule has 26 heavy (non-hydrogen) atoms. The molecule has 0 spiro atoms. The summed E-state index contributed by atoms with van der Waals surface area (Å²) >= 11 is 0. The first kappa shape index (κ1) is 16.6. The lowest BCUT2D eigenvalue weighted by Crippen LogP contribution is -2.50. The topological polar surface area (TPSA) is 78.5 Å². The highest BCUT2D eigenvalue weighted by Crippen LogP contribution is 2.26. The summed E-state index contributed by atoms with van der Waals surface area (Å²) in [6.45, 7) is 1.70. The smallest absolute Gasteiger partial charge is 0.410 e. The average Bonchev–Trinajstić information content (AvgIpc) is 3.33. The summed E-state index contributed by atoms with van der Waals surface area (Å²) in [6.07, 6.45) is 5.25. The molecule has 2 fully saturated rings. The van der Waals surface area contributed by atoms with Crippen molar-refractivity contribution < 1.29 is 14.3 Å². The summed E-state index contributed by atoms with van der Waals surface area (Å²) in [4.78, 5) is 28.4. The Kier molecular flexibility index (Phi) is 4.60. The number of cyclic esters (lactones) is 1. The van der Waals surface area contributed by atoms with Gasteiger partial charge in [0.15, 0.2) is 0 Å². The number of carbonyl (C=O) groups is 2. The van der Waals surface area contributed by atoms with Crippen LogP contribution in [-0.2, 0) is 11.2 Å². The molecule has 2 saturated heterocycles. The van der Waals surface area contributed by atoms with Gasteiger partial charge in [-0.1, -0.05) is 30.3 Å². The lowest BCUT2D eigenvalue weighted by molar-refractivity contribution is 0.0637. The van der Waals surface area contributed by atoms with Crippen LogP contribution in [0.25, 0.3) is 0 Å². The van der Waals surface area contributed by atoms with Crippen molar-refractivity contribution in [1.29, 1.82) is 0 Å². The quantitative estimate of drug-likeness (QED) is 0.912. The lowest BCUT2D eigenvalue weighted by atomic mass is 9.99. The van der Waals surface area contributed by atoms with Crippen LogP contribution in [0.1, 0.15) is 28.8 Å². The molecule has 1 atom stereocenters. The Bertz CT molecular complexity index is 754. The third-order valence-corrected chi connectivity index (χ3v) is 5.21. The summed E-state index contributed by atoms with van der Waals surface area (Å²) in [6, 6.07) is 10.3. The minimum atomic E-state index is -0.231. The number of likely N-dealkylation sites (tertiary alicyclic amines) is 1. The van der Waals surface area contributed by atoms with Crippen LogP contribution in [0.4, 0.5) is 4.79 Å². The Morgan fingerprint density at radius 1 is 1.23 bits per heavy atom. The van der Waals surface area contributed by atoms with E-state index in [9.17, 15) is 9.59 Å². The molecule has 7 heteroatoms. The van der Waals surface area contributed by atoms with Crippen molar-refractivity contribution in [2.75, 3.05) is 19.7 Å². The molecule has 0 unspecified atom stereocenters. The van der Waals surface area contributed by atoms with Crippen molar-refractivity contribution in [3.05, 3.63) is 53.9 Å². The molecule has 1 N–H and O–H groups in total. The van der Waals surface area contributed by atoms with Gasteiger partial charge in [0.25, 0.3) is 5.91 Å². The van der Waals surface area contributed by atoms with Gasteiger partial charge in [0.1, 0.15) is 6.61 Å². The van der Waals surface area contributed by atoms with E-state index in [1.54, 1.807) is 12.4 Å². The zero-order valence-corrected chi connectivity index (χ0v) is 14.5. The molecule has 0 saturated carbocycles. The number of aromatic nitrogens is 2. The summed E-state index contributed by atoms with van der Waals surface area (Å²) in [5.41, 5.74) is 1.78. The first-order valence-electron chi connectivity index (χ1n) is 8.99. The van der Waals surface area contributed by atoms with E-state index in [2.05, 4.69) is 22.3 Å². The molecule has 7 nitrogen and oxygen atoms in total. The molecule has 3 heterocycles. The molecular weight excluding hydrogens is 332 g/mol. The van der Waals surface area contributed by atoms with E-state index < -0.39 is 0 Å². The second kappa shape index (κ2) is 7.19. The Hall–Kier alpha value is -2.83. The van der Waals surface area contributed by atoms with Gasteiger partial charge >= 0.3 is 6.09 Å². The maximum absolute atomic E-state index is 12.4. The van der Waals surface area contributed by atoms with Gasteiger partial charge in [-0.15, -0.1) is 0 Å². The van der Waals surface area contributed by atoms with Crippen molar-refractivity contribution in [3.63, 3.8) is 0 Å².